The van der Waals surface area contributed by atoms with Crippen LogP contribution >= 0.6 is 0 Å². The predicted molar refractivity (Wildman–Crippen MR) is 65.6 cm³/mol. The summed E-state index contributed by atoms with van der Waals surface area (Å²) < 4.78 is 0. The van der Waals surface area contributed by atoms with Gasteiger partial charge in [0.25, 0.3) is 0 Å². The van der Waals surface area contributed by atoms with E-state index in [0.717, 1.165) is 19.5 Å². The SMILES string of the molecule is CC(C)CN(CCC(C)(C)C#N)C(C)C. The van der Waals surface area contributed by atoms with Gasteiger partial charge in [-0.05, 0) is 46.6 Å². The third kappa shape index (κ3) is 6.52. The average molecular weight is 210 g/mol. The minimum absolute atomic E-state index is 0.190. The zero-order valence-corrected chi connectivity index (χ0v) is 11.2. The van der Waals surface area contributed by atoms with Gasteiger partial charge < -0.3 is 4.90 Å². The highest BCUT2D eigenvalue weighted by molar-refractivity contribution is 4.92. The summed E-state index contributed by atoms with van der Waals surface area (Å²) in [5.74, 6) is 0.692. The predicted octanol–water partition coefficient (Wildman–Crippen LogP) is 3.29. The van der Waals surface area contributed by atoms with Gasteiger partial charge in [0.2, 0.25) is 0 Å². The van der Waals surface area contributed by atoms with Crippen LogP contribution in [0.1, 0.15) is 48.0 Å². The molecule has 2 nitrogen and oxygen atoms in total. The first-order valence-corrected chi connectivity index (χ1v) is 5.94. The maximum absolute atomic E-state index is 8.96. The Labute approximate surface area is 95.3 Å². The largest absolute Gasteiger partial charge is 0.301 e. The molecule has 0 unspecified atom stereocenters. The van der Waals surface area contributed by atoms with E-state index in [1.165, 1.54) is 0 Å². The van der Waals surface area contributed by atoms with Gasteiger partial charge in [0.05, 0.1) is 11.5 Å². The third-order valence-corrected chi connectivity index (χ3v) is 2.66. The second kappa shape index (κ2) is 6.12. The Morgan fingerprint density at radius 1 is 1.20 bits per heavy atom. The molecule has 0 aromatic heterocycles. The smallest absolute Gasteiger partial charge is 0.0684 e. The molecule has 0 rings (SSSR count). The second-order valence-electron chi connectivity index (χ2n) is 5.73. The first-order valence-electron chi connectivity index (χ1n) is 5.94. The number of nitriles is 1. The minimum atomic E-state index is -0.190. The molecule has 0 bridgehead atoms. The molecule has 0 aliphatic heterocycles. The van der Waals surface area contributed by atoms with Crippen LogP contribution in [0, 0.1) is 22.7 Å². The number of nitrogens with zero attached hydrogens (tertiary/aromatic N) is 2. The number of hydrogen-bond acceptors (Lipinski definition) is 2. The van der Waals surface area contributed by atoms with Gasteiger partial charge in [0.1, 0.15) is 0 Å². The Morgan fingerprint density at radius 3 is 2.07 bits per heavy atom. The normalized spacial score (nSPS) is 12.5. The molecule has 15 heavy (non-hydrogen) atoms. The molecule has 0 aliphatic rings. The van der Waals surface area contributed by atoms with Crippen LogP contribution in [0.5, 0.6) is 0 Å². The van der Waals surface area contributed by atoms with E-state index in [1.807, 2.05) is 13.8 Å². The van der Waals surface area contributed by atoms with Crippen LogP contribution in [0.15, 0.2) is 0 Å². The lowest BCUT2D eigenvalue weighted by Crippen LogP contribution is -2.36. The van der Waals surface area contributed by atoms with E-state index in [9.17, 15) is 0 Å². The van der Waals surface area contributed by atoms with Crippen LogP contribution in [-0.4, -0.2) is 24.0 Å². The van der Waals surface area contributed by atoms with Gasteiger partial charge in [0, 0.05) is 12.6 Å². The summed E-state index contributed by atoms with van der Waals surface area (Å²) in [6, 6.07) is 2.93. The summed E-state index contributed by atoms with van der Waals surface area (Å²) in [5, 5.41) is 8.96. The topological polar surface area (TPSA) is 27.0 Å². The fourth-order valence-corrected chi connectivity index (χ4v) is 1.51. The van der Waals surface area contributed by atoms with Crippen molar-refractivity contribution in [3.8, 4) is 6.07 Å². The average Bonchev–Trinajstić information content (AvgIpc) is 2.11. The summed E-state index contributed by atoms with van der Waals surface area (Å²) in [6.45, 7) is 15.1. The van der Waals surface area contributed by atoms with Gasteiger partial charge in [-0.1, -0.05) is 13.8 Å². The molecule has 0 aromatic rings. The van der Waals surface area contributed by atoms with Crippen molar-refractivity contribution in [2.24, 2.45) is 11.3 Å². The summed E-state index contributed by atoms with van der Waals surface area (Å²) in [4.78, 5) is 2.46. The summed E-state index contributed by atoms with van der Waals surface area (Å²) in [6.07, 6.45) is 0.953. The molecule has 0 amide bonds. The van der Waals surface area contributed by atoms with Crippen molar-refractivity contribution in [1.29, 1.82) is 5.26 Å². The molecule has 0 atom stereocenters. The summed E-state index contributed by atoms with van der Waals surface area (Å²) >= 11 is 0. The molecule has 0 radical (unpaired) electrons. The van der Waals surface area contributed by atoms with Crippen LogP contribution in [-0.2, 0) is 0 Å². The summed E-state index contributed by atoms with van der Waals surface area (Å²) in [5.41, 5.74) is -0.190. The van der Waals surface area contributed by atoms with E-state index in [2.05, 4.69) is 38.7 Å². The molecule has 0 heterocycles. The molecule has 0 fully saturated rings. The van der Waals surface area contributed by atoms with E-state index in [0.29, 0.717) is 12.0 Å². The Balaban J connectivity index is 4.14. The molecule has 0 aliphatic carbocycles. The highest BCUT2D eigenvalue weighted by atomic mass is 15.1. The Bertz CT molecular complexity index is 211. The Morgan fingerprint density at radius 2 is 1.73 bits per heavy atom. The van der Waals surface area contributed by atoms with Gasteiger partial charge in [-0.25, -0.2) is 0 Å². The van der Waals surface area contributed by atoms with Gasteiger partial charge in [-0.2, -0.15) is 5.26 Å². The molecule has 2 heteroatoms. The highest BCUT2D eigenvalue weighted by Crippen LogP contribution is 2.20. The highest BCUT2D eigenvalue weighted by Gasteiger charge is 2.19. The second-order valence-corrected chi connectivity index (χ2v) is 5.73. The quantitative estimate of drug-likeness (QED) is 0.672. The molecule has 0 saturated carbocycles. The van der Waals surface area contributed by atoms with Crippen molar-refractivity contribution < 1.29 is 0 Å². The zero-order chi connectivity index (χ0) is 12.1. The molecule has 0 saturated heterocycles. The van der Waals surface area contributed by atoms with E-state index in [4.69, 9.17) is 5.26 Å². The van der Waals surface area contributed by atoms with Crippen LogP contribution in [0.25, 0.3) is 0 Å². The zero-order valence-electron chi connectivity index (χ0n) is 11.2. The van der Waals surface area contributed by atoms with Crippen molar-refractivity contribution in [3.05, 3.63) is 0 Å². The standard InChI is InChI=1S/C13H26N2/c1-11(2)9-15(12(3)4)8-7-13(5,6)10-14/h11-12H,7-9H2,1-6H3. The molecule has 0 N–H and O–H groups in total. The third-order valence-electron chi connectivity index (χ3n) is 2.66. The Kier molecular flexibility index (Phi) is 5.90. The fraction of sp³-hybridized carbons (Fsp3) is 0.923. The molecular formula is C13H26N2. The minimum Gasteiger partial charge on any atom is -0.301 e. The van der Waals surface area contributed by atoms with Crippen molar-refractivity contribution in [1.82, 2.24) is 4.90 Å². The lowest BCUT2D eigenvalue weighted by molar-refractivity contribution is 0.178. The van der Waals surface area contributed by atoms with Crippen molar-refractivity contribution in [2.75, 3.05) is 13.1 Å². The van der Waals surface area contributed by atoms with Crippen molar-refractivity contribution >= 4 is 0 Å². The molecule has 88 valence electrons. The fourth-order valence-electron chi connectivity index (χ4n) is 1.51. The van der Waals surface area contributed by atoms with E-state index < -0.39 is 0 Å². The van der Waals surface area contributed by atoms with E-state index >= 15 is 0 Å². The summed E-state index contributed by atoms with van der Waals surface area (Å²) in [7, 11) is 0. The van der Waals surface area contributed by atoms with Crippen LogP contribution in [0.4, 0.5) is 0 Å². The molecule has 0 spiro atoms. The maximum atomic E-state index is 8.96. The van der Waals surface area contributed by atoms with E-state index in [-0.39, 0.29) is 5.41 Å². The van der Waals surface area contributed by atoms with Gasteiger partial charge in [-0.3, -0.25) is 0 Å². The lowest BCUT2D eigenvalue weighted by atomic mass is 9.91. The van der Waals surface area contributed by atoms with Crippen molar-refractivity contribution in [2.45, 2.75) is 54.0 Å². The first-order chi connectivity index (χ1) is 6.78. The van der Waals surface area contributed by atoms with Crippen LogP contribution in [0.2, 0.25) is 0 Å². The number of rotatable bonds is 6. The molecular weight excluding hydrogens is 184 g/mol. The Hall–Kier alpha value is -0.550. The van der Waals surface area contributed by atoms with Gasteiger partial charge >= 0.3 is 0 Å². The number of hydrogen-bond donors (Lipinski definition) is 0. The maximum Gasteiger partial charge on any atom is 0.0684 e. The lowest BCUT2D eigenvalue weighted by Gasteiger charge is -2.30. The van der Waals surface area contributed by atoms with Gasteiger partial charge in [-0.15, -0.1) is 0 Å². The monoisotopic (exact) mass is 210 g/mol. The first kappa shape index (κ1) is 14.5. The van der Waals surface area contributed by atoms with Crippen molar-refractivity contribution in [3.63, 3.8) is 0 Å². The van der Waals surface area contributed by atoms with Crippen LogP contribution in [0.3, 0.4) is 0 Å². The van der Waals surface area contributed by atoms with E-state index in [1.54, 1.807) is 0 Å². The van der Waals surface area contributed by atoms with Crippen LogP contribution < -0.4 is 0 Å². The molecule has 0 aromatic carbocycles. The van der Waals surface area contributed by atoms with Gasteiger partial charge in [0.15, 0.2) is 0 Å².